The lowest BCUT2D eigenvalue weighted by molar-refractivity contribution is -0.0974. The maximum Gasteiger partial charge on any atom is 0.288 e. The second kappa shape index (κ2) is 6.96. The Bertz CT molecular complexity index is 1280. The highest BCUT2D eigenvalue weighted by Gasteiger charge is 2.80. The normalized spacial score (nSPS) is 26.3. The zero-order valence-corrected chi connectivity index (χ0v) is 17.4. The fourth-order valence-electron chi connectivity index (χ4n) is 4.27. The number of thioether (sulfide) groups is 1. The van der Waals surface area contributed by atoms with Gasteiger partial charge in [-0.05, 0) is 12.1 Å². The minimum Gasteiger partial charge on any atom is -0.444 e. The molecule has 0 bridgehead atoms. The van der Waals surface area contributed by atoms with Crippen LogP contribution in [0.25, 0.3) is 0 Å². The van der Waals surface area contributed by atoms with Gasteiger partial charge in [-0.15, -0.1) is 6.58 Å². The van der Waals surface area contributed by atoms with Crippen LogP contribution in [0.15, 0.2) is 77.8 Å². The fourth-order valence-corrected chi connectivity index (χ4v) is 5.78. The molecule has 3 heterocycles. The van der Waals surface area contributed by atoms with Gasteiger partial charge in [-0.1, -0.05) is 48.2 Å². The molecule has 158 valence electrons. The highest BCUT2D eigenvalue weighted by atomic mass is 32.2. The van der Waals surface area contributed by atoms with Crippen LogP contribution in [0.2, 0.25) is 0 Å². The molecule has 1 aliphatic carbocycles. The number of benzene rings is 1. The maximum atomic E-state index is 13.7. The molecular formula is C22H16N6O3S. The number of amidine groups is 1. The van der Waals surface area contributed by atoms with E-state index in [2.05, 4.69) is 28.1 Å². The van der Waals surface area contributed by atoms with E-state index < -0.39 is 16.4 Å². The van der Waals surface area contributed by atoms with Gasteiger partial charge in [-0.3, -0.25) is 25.0 Å². The lowest BCUT2D eigenvalue weighted by atomic mass is 9.89. The van der Waals surface area contributed by atoms with Gasteiger partial charge < -0.3 is 10.5 Å². The van der Waals surface area contributed by atoms with E-state index in [1.54, 1.807) is 48.5 Å². The number of aromatic nitrogens is 1. The van der Waals surface area contributed by atoms with Crippen LogP contribution in [0.5, 0.6) is 0 Å². The number of ketones is 1. The lowest BCUT2D eigenvalue weighted by Crippen LogP contribution is -2.59. The summed E-state index contributed by atoms with van der Waals surface area (Å²) in [5.74, 6) is -1.04. The smallest absolute Gasteiger partial charge is 0.288 e. The van der Waals surface area contributed by atoms with E-state index in [1.807, 2.05) is 0 Å². The summed E-state index contributed by atoms with van der Waals surface area (Å²) in [5, 5.41) is 11.6. The maximum absolute atomic E-state index is 13.7. The molecule has 3 N–H and O–H groups in total. The largest absolute Gasteiger partial charge is 0.444 e. The second-order valence-corrected chi connectivity index (χ2v) is 8.34. The van der Waals surface area contributed by atoms with Gasteiger partial charge in [-0.2, -0.15) is 5.26 Å². The van der Waals surface area contributed by atoms with E-state index in [1.165, 1.54) is 11.2 Å². The number of amides is 1. The predicted octanol–water partition coefficient (Wildman–Crippen LogP) is 1.83. The standard InChI is InChI=1S/C22H16N6O3S/c1-2-10-26-20-28(27-19(30)16-9-5-6-11-25-16)22-14-8-4-3-7-13(14)17(29)21(22,32-20)15(12-23)18(24)31-22/h2-9,11H,1,10,24H2,(H,27,30)/t21-,22-/m1/s1. The van der Waals surface area contributed by atoms with Crippen LogP contribution in [0.3, 0.4) is 0 Å². The third kappa shape index (κ3) is 2.28. The molecule has 5 rings (SSSR count). The molecule has 1 aromatic carbocycles. The Morgan fingerprint density at radius 2 is 2.16 bits per heavy atom. The Balaban J connectivity index is 1.73. The number of nitrogens with zero attached hydrogens (tertiary/aromatic N) is 4. The van der Waals surface area contributed by atoms with Gasteiger partial charge in [0.05, 0.1) is 6.54 Å². The van der Waals surface area contributed by atoms with Crippen molar-refractivity contribution < 1.29 is 14.3 Å². The highest BCUT2D eigenvalue weighted by Crippen LogP contribution is 2.67. The van der Waals surface area contributed by atoms with Crippen LogP contribution in [0.1, 0.15) is 26.4 Å². The molecule has 3 aliphatic rings. The average molecular weight is 444 g/mol. The van der Waals surface area contributed by atoms with Crippen LogP contribution in [-0.4, -0.2) is 38.1 Å². The number of fused-ring (bicyclic) bond motifs is 1. The number of carbonyl (C=O) groups is 2. The average Bonchev–Trinajstić information content (AvgIpc) is 3.31. The van der Waals surface area contributed by atoms with Gasteiger partial charge in [-0.25, -0.2) is 5.01 Å². The zero-order chi connectivity index (χ0) is 22.5. The summed E-state index contributed by atoms with van der Waals surface area (Å²) in [6.07, 6.45) is 3.08. The SMILES string of the molecule is C=CCN=C1S[C@]23C(=O)c4ccccc4[C@]2(OC(N)=C3C#N)N1NC(=O)c1ccccn1. The lowest BCUT2D eigenvalue weighted by Gasteiger charge is -2.38. The van der Waals surface area contributed by atoms with Crippen molar-refractivity contribution in [2.24, 2.45) is 10.7 Å². The first kappa shape index (κ1) is 19.8. The Labute approximate surface area is 187 Å². The van der Waals surface area contributed by atoms with Crippen LogP contribution in [0, 0.1) is 11.3 Å². The number of ether oxygens (including phenoxy) is 1. The van der Waals surface area contributed by atoms with E-state index in [-0.39, 0.29) is 34.6 Å². The molecule has 2 aromatic rings. The van der Waals surface area contributed by atoms with Crippen molar-refractivity contribution in [3.8, 4) is 6.07 Å². The number of carbonyl (C=O) groups excluding carboxylic acids is 2. The van der Waals surface area contributed by atoms with Crippen LogP contribution < -0.4 is 11.2 Å². The molecule has 10 heteroatoms. The van der Waals surface area contributed by atoms with E-state index in [4.69, 9.17) is 10.5 Å². The van der Waals surface area contributed by atoms with Gasteiger partial charge in [0.1, 0.15) is 17.3 Å². The van der Waals surface area contributed by atoms with Crippen LogP contribution in [-0.2, 0) is 10.5 Å². The third-order valence-electron chi connectivity index (χ3n) is 5.52. The molecule has 0 saturated carbocycles. The zero-order valence-electron chi connectivity index (χ0n) is 16.6. The summed E-state index contributed by atoms with van der Waals surface area (Å²) in [5.41, 5.74) is 8.29. The summed E-state index contributed by atoms with van der Waals surface area (Å²) in [6, 6.07) is 13.9. The Kier molecular flexibility index (Phi) is 4.32. The minimum absolute atomic E-state index is 0.00964. The van der Waals surface area contributed by atoms with Crippen molar-refractivity contribution in [3.63, 3.8) is 0 Å². The second-order valence-electron chi connectivity index (χ2n) is 7.16. The van der Waals surface area contributed by atoms with Crippen molar-refractivity contribution >= 4 is 28.6 Å². The molecule has 2 atom stereocenters. The predicted molar refractivity (Wildman–Crippen MR) is 117 cm³/mol. The third-order valence-corrected chi connectivity index (χ3v) is 6.99. The molecule has 1 aromatic heterocycles. The molecular weight excluding hydrogens is 428 g/mol. The highest BCUT2D eigenvalue weighted by molar-refractivity contribution is 8.16. The van der Waals surface area contributed by atoms with Gasteiger partial charge in [0.15, 0.2) is 15.7 Å². The molecule has 0 unspecified atom stereocenters. The number of rotatable bonds is 4. The number of nitriles is 1. The van der Waals surface area contributed by atoms with Crippen molar-refractivity contribution in [2.75, 3.05) is 6.54 Å². The Morgan fingerprint density at radius 3 is 2.88 bits per heavy atom. The number of nitrogens with one attached hydrogen (secondary N) is 1. The Morgan fingerprint density at radius 1 is 1.38 bits per heavy atom. The fraction of sp³-hybridized carbons (Fsp3) is 0.136. The number of nitrogens with two attached hydrogens (primary N) is 1. The number of aliphatic imine (C=N–C) groups is 1. The summed E-state index contributed by atoms with van der Waals surface area (Å²) in [7, 11) is 0. The molecule has 32 heavy (non-hydrogen) atoms. The Hall–Kier alpha value is -4.10. The molecule has 0 radical (unpaired) electrons. The molecule has 9 nitrogen and oxygen atoms in total. The quantitative estimate of drug-likeness (QED) is 0.682. The van der Waals surface area contributed by atoms with E-state index in [0.717, 1.165) is 11.8 Å². The van der Waals surface area contributed by atoms with Crippen LogP contribution >= 0.6 is 11.8 Å². The van der Waals surface area contributed by atoms with E-state index in [9.17, 15) is 14.9 Å². The summed E-state index contributed by atoms with van der Waals surface area (Å²) >= 11 is 1.03. The van der Waals surface area contributed by atoms with Crippen LogP contribution in [0.4, 0.5) is 0 Å². The number of pyridine rings is 1. The van der Waals surface area contributed by atoms with Gasteiger partial charge in [0, 0.05) is 17.3 Å². The van der Waals surface area contributed by atoms with E-state index >= 15 is 0 Å². The number of hydrazine groups is 1. The van der Waals surface area contributed by atoms with E-state index in [0.29, 0.717) is 11.1 Å². The van der Waals surface area contributed by atoms with Crippen molar-refractivity contribution in [3.05, 3.63) is 89.6 Å². The summed E-state index contributed by atoms with van der Waals surface area (Å²) in [6.45, 7) is 3.90. The molecule has 2 aliphatic heterocycles. The minimum atomic E-state index is -1.61. The molecule has 1 amide bonds. The first-order valence-corrected chi connectivity index (χ1v) is 10.4. The topological polar surface area (TPSA) is 134 Å². The van der Waals surface area contributed by atoms with Gasteiger partial charge in [0.25, 0.3) is 11.6 Å². The summed E-state index contributed by atoms with van der Waals surface area (Å²) < 4.78 is 4.58. The van der Waals surface area contributed by atoms with Gasteiger partial charge in [0.2, 0.25) is 5.88 Å². The number of Topliss-reactive ketones (excluding diaryl/α,β-unsaturated/α-hetero) is 1. The first-order valence-electron chi connectivity index (χ1n) is 9.61. The molecule has 1 fully saturated rings. The molecule has 1 saturated heterocycles. The number of hydrogen-bond donors (Lipinski definition) is 2. The summed E-state index contributed by atoms with van der Waals surface area (Å²) in [4.78, 5) is 35.4. The van der Waals surface area contributed by atoms with Gasteiger partial charge >= 0.3 is 0 Å². The van der Waals surface area contributed by atoms with Crippen molar-refractivity contribution in [2.45, 2.75) is 10.5 Å². The first-order chi connectivity index (χ1) is 15.5. The van der Waals surface area contributed by atoms with Crippen molar-refractivity contribution in [1.82, 2.24) is 15.4 Å². The van der Waals surface area contributed by atoms with Crippen molar-refractivity contribution in [1.29, 1.82) is 5.26 Å². The number of hydrogen-bond acceptors (Lipinski definition) is 8. The molecule has 0 spiro atoms. The monoisotopic (exact) mass is 444 g/mol.